The van der Waals surface area contributed by atoms with Crippen LogP contribution in [0.5, 0.6) is 0 Å². The summed E-state index contributed by atoms with van der Waals surface area (Å²) in [7, 11) is 0. The summed E-state index contributed by atoms with van der Waals surface area (Å²) in [6, 6.07) is 13.2. The van der Waals surface area contributed by atoms with Crippen LogP contribution in [0.25, 0.3) is 0 Å². The van der Waals surface area contributed by atoms with E-state index in [0.29, 0.717) is 16.3 Å². The first-order chi connectivity index (χ1) is 9.63. The molecule has 104 valence electrons. The lowest BCUT2D eigenvalue weighted by Crippen LogP contribution is -2.31. The maximum absolute atomic E-state index is 13.7. The van der Waals surface area contributed by atoms with E-state index in [1.807, 2.05) is 0 Å². The maximum atomic E-state index is 13.7. The van der Waals surface area contributed by atoms with E-state index in [1.54, 1.807) is 42.5 Å². The van der Waals surface area contributed by atoms with E-state index in [0.717, 1.165) is 0 Å². The molecule has 0 radical (unpaired) electrons. The average Bonchev–Trinajstić information content (AvgIpc) is 2.47. The van der Waals surface area contributed by atoms with Crippen molar-refractivity contribution in [1.82, 2.24) is 0 Å². The number of rotatable bonds is 4. The number of benzene rings is 2. The number of amides is 1. The van der Waals surface area contributed by atoms with Crippen molar-refractivity contribution in [3.8, 4) is 0 Å². The molecule has 0 aliphatic heterocycles. The average molecular weight is 312 g/mol. The first kappa shape index (κ1) is 14.8. The molecular formula is C15H12Cl2FNO. The summed E-state index contributed by atoms with van der Waals surface area (Å²) >= 11 is 11.7. The van der Waals surface area contributed by atoms with E-state index in [4.69, 9.17) is 23.2 Å². The molecule has 0 spiro atoms. The van der Waals surface area contributed by atoms with E-state index >= 15 is 0 Å². The highest BCUT2D eigenvalue weighted by molar-refractivity contribution is 6.35. The lowest BCUT2D eigenvalue weighted by molar-refractivity contribution is -0.116. The number of nitrogens with zero attached hydrogens (tertiary/aromatic N) is 1. The van der Waals surface area contributed by atoms with Gasteiger partial charge < -0.3 is 4.90 Å². The molecule has 0 aliphatic carbocycles. The number of para-hydroxylation sites is 1. The van der Waals surface area contributed by atoms with Crippen molar-refractivity contribution in [1.29, 1.82) is 0 Å². The summed E-state index contributed by atoms with van der Waals surface area (Å²) in [5.41, 5.74) is 0.925. The smallest absolute Gasteiger partial charge is 0.242 e. The fourth-order valence-electron chi connectivity index (χ4n) is 1.85. The maximum Gasteiger partial charge on any atom is 0.242 e. The first-order valence-electron chi connectivity index (χ1n) is 5.97. The Morgan fingerprint density at radius 2 is 1.75 bits per heavy atom. The van der Waals surface area contributed by atoms with Crippen LogP contribution >= 0.6 is 23.2 Å². The highest BCUT2D eigenvalue weighted by atomic mass is 35.5. The Labute approximate surface area is 126 Å². The SMILES string of the molecule is O=C(CCl)N(Cc1ccccc1F)c1ccccc1Cl. The number of hydrogen-bond acceptors (Lipinski definition) is 1. The van der Waals surface area contributed by atoms with Gasteiger partial charge in [0.15, 0.2) is 0 Å². The molecule has 0 unspecified atom stereocenters. The van der Waals surface area contributed by atoms with Crippen molar-refractivity contribution < 1.29 is 9.18 Å². The normalized spacial score (nSPS) is 10.3. The number of carbonyl (C=O) groups is 1. The van der Waals surface area contributed by atoms with Gasteiger partial charge in [-0.3, -0.25) is 4.79 Å². The van der Waals surface area contributed by atoms with Gasteiger partial charge in [0.25, 0.3) is 0 Å². The van der Waals surface area contributed by atoms with Crippen molar-refractivity contribution >= 4 is 34.8 Å². The van der Waals surface area contributed by atoms with Crippen LogP contribution in [0.2, 0.25) is 5.02 Å². The van der Waals surface area contributed by atoms with Crippen LogP contribution in [-0.4, -0.2) is 11.8 Å². The minimum Gasteiger partial charge on any atom is -0.305 e. The Bertz CT molecular complexity index is 618. The van der Waals surface area contributed by atoms with Gasteiger partial charge in [-0.25, -0.2) is 4.39 Å². The van der Waals surface area contributed by atoms with Crippen LogP contribution in [-0.2, 0) is 11.3 Å². The molecule has 0 aliphatic rings. The van der Waals surface area contributed by atoms with Crippen molar-refractivity contribution in [2.24, 2.45) is 0 Å². The second-order valence-corrected chi connectivity index (χ2v) is 4.83. The molecule has 0 saturated heterocycles. The topological polar surface area (TPSA) is 20.3 Å². The van der Waals surface area contributed by atoms with Crippen LogP contribution < -0.4 is 4.90 Å². The standard InChI is InChI=1S/C15H12Cl2FNO/c16-9-15(20)19(14-8-4-2-6-12(14)17)10-11-5-1-3-7-13(11)18/h1-8H,9-10H2. The Kier molecular flexibility index (Phi) is 4.99. The summed E-state index contributed by atoms with van der Waals surface area (Å²) < 4.78 is 13.7. The van der Waals surface area contributed by atoms with Crippen LogP contribution in [0.15, 0.2) is 48.5 Å². The van der Waals surface area contributed by atoms with Crippen LogP contribution in [0.1, 0.15) is 5.56 Å². The zero-order chi connectivity index (χ0) is 14.5. The molecule has 20 heavy (non-hydrogen) atoms. The number of alkyl halides is 1. The third-order valence-corrected chi connectivity index (χ3v) is 3.39. The van der Waals surface area contributed by atoms with E-state index in [9.17, 15) is 9.18 Å². The minimum absolute atomic E-state index is 0.0853. The summed E-state index contributed by atoms with van der Waals surface area (Å²) in [5, 5.41) is 0.419. The molecule has 0 aromatic heterocycles. The predicted molar refractivity (Wildman–Crippen MR) is 79.8 cm³/mol. The van der Waals surface area contributed by atoms with Gasteiger partial charge >= 0.3 is 0 Å². The molecule has 0 heterocycles. The predicted octanol–water partition coefficient (Wildman–Crippen LogP) is 4.25. The zero-order valence-electron chi connectivity index (χ0n) is 10.5. The number of anilines is 1. The zero-order valence-corrected chi connectivity index (χ0v) is 12.0. The summed E-state index contributed by atoms with van der Waals surface area (Å²) in [6.45, 7) is 0.0853. The molecule has 0 saturated carbocycles. The quantitative estimate of drug-likeness (QED) is 0.773. The van der Waals surface area contributed by atoms with Crippen molar-refractivity contribution in [3.63, 3.8) is 0 Å². The molecule has 1 amide bonds. The van der Waals surface area contributed by atoms with E-state index in [2.05, 4.69) is 0 Å². The molecular weight excluding hydrogens is 300 g/mol. The van der Waals surface area contributed by atoms with Gasteiger partial charge in [0.05, 0.1) is 17.3 Å². The van der Waals surface area contributed by atoms with Gasteiger partial charge in [-0.1, -0.05) is 41.9 Å². The van der Waals surface area contributed by atoms with Gasteiger partial charge in [-0.2, -0.15) is 0 Å². The summed E-state index contributed by atoms with van der Waals surface area (Å²) in [6.07, 6.45) is 0. The molecule has 5 heteroatoms. The fourth-order valence-corrected chi connectivity index (χ4v) is 2.23. The minimum atomic E-state index is -0.369. The molecule has 2 nitrogen and oxygen atoms in total. The molecule has 0 bridgehead atoms. The second-order valence-electron chi connectivity index (χ2n) is 4.16. The van der Waals surface area contributed by atoms with Crippen LogP contribution in [0, 0.1) is 5.82 Å². The molecule has 2 aromatic carbocycles. The van der Waals surface area contributed by atoms with Crippen molar-refractivity contribution in [3.05, 3.63) is 64.9 Å². The van der Waals surface area contributed by atoms with E-state index in [-0.39, 0.29) is 24.1 Å². The second kappa shape index (κ2) is 6.73. The highest BCUT2D eigenvalue weighted by Gasteiger charge is 2.18. The van der Waals surface area contributed by atoms with E-state index in [1.165, 1.54) is 11.0 Å². The summed E-state index contributed by atoms with van der Waals surface area (Å²) in [5.74, 6) is -0.894. The molecule has 2 aromatic rings. The highest BCUT2D eigenvalue weighted by Crippen LogP contribution is 2.27. The molecule has 2 rings (SSSR count). The first-order valence-corrected chi connectivity index (χ1v) is 6.89. The van der Waals surface area contributed by atoms with Crippen molar-refractivity contribution in [2.75, 3.05) is 10.8 Å². The molecule has 0 N–H and O–H groups in total. The van der Waals surface area contributed by atoms with E-state index < -0.39 is 0 Å². The van der Waals surface area contributed by atoms with Gasteiger partial charge in [0, 0.05) is 5.56 Å². The molecule has 0 atom stereocenters. The van der Waals surface area contributed by atoms with Gasteiger partial charge in [0.1, 0.15) is 11.7 Å². The van der Waals surface area contributed by atoms with Crippen molar-refractivity contribution in [2.45, 2.75) is 6.54 Å². The van der Waals surface area contributed by atoms with Gasteiger partial charge in [-0.05, 0) is 18.2 Å². The number of carbonyl (C=O) groups excluding carboxylic acids is 1. The third kappa shape index (κ3) is 3.30. The lowest BCUT2D eigenvalue weighted by atomic mass is 10.2. The third-order valence-electron chi connectivity index (χ3n) is 2.84. The number of halogens is 3. The van der Waals surface area contributed by atoms with Crippen LogP contribution in [0.4, 0.5) is 10.1 Å². The Morgan fingerprint density at radius 1 is 1.10 bits per heavy atom. The largest absolute Gasteiger partial charge is 0.305 e. The van der Waals surface area contributed by atoms with Gasteiger partial charge in [0.2, 0.25) is 5.91 Å². The number of hydrogen-bond donors (Lipinski definition) is 0. The Morgan fingerprint density at radius 3 is 2.40 bits per heavy atom. The Hall–Kier alpha value is -1.58. The Balaban J connectivity index is 2.37. The van der Waals surface area contributed by atoms with Crippen LogP contribution in [0.3, 0.4) is 0 Å². The molecule has 0 fully saturated rings. The van der Waals surface area contributed by atoms with Gasteiger partial charge in [-0.15, -0.1) is 11.6 Å². The summed E-state index contributed by atoms with van der Waals surface area (Å²) in [4.78, 5) is 13.4. The fraction of sp³-hybridized carbons (Fsp3) is 0.133. The monoisotopic (exact) mass is 311 g/mol. The lowest BCUT2D eigenvalue weighted by Gasteiger charge is -2.23.